The first-order chi connectivity index (χ1) is 21.3. The average Bonchev–Trinajstić information content (AvgIpc) is 3.67. The van der Waals surface area contributed by atoms with Crippen LogP contribution >= 0.6 is 23.1 Å². The summed E-state index contributed by atoms with van der Waals surface area (Å²) in [6.07, 6.45) is 2.77. The van der Waals surface area contributed by atoms with Gasteiger partial charge in [0.2, 0.25) is 11.5 Å². The van der Waals surface area contributed by atoms with E-state index >= 15 is 0 Å². The first kappa shape index (κ1) is 28.8. The van der Waals surface area contributed by atoms with E-state index in [1.807, 2.05) is 40.5 Å². The first-order valence-corrected chi connectivity index (χ1v) is 14.9. The van der Waals surface area contributed by atoms with E-state index in [-0.39, 0.29) is 30.6 Å². The topological polar surface area (TPSA) is 209 Å². The molecule has 15 nitrogen and oxygen atoms in total. The van der Waals surface area contributed by atoms with Crippen LogP contribution in [0.1, 0.15) is 11.4 Å². The number of nitrogens with two attached hydrogens (primary N) is 1. The van der Waals surface area contributed by atoms with Crippen LogP contribution in [0.2, 0.25) is 0 Å². The number of carboxylic acids is 1. The van der Waals surface area contributed by atoms with Crippen molar-refractivity contribution in [1.29, 1.82) is 0 Å². The molecule has 0 spiro atoms. The molecule has 224 valence electrons. The van der Waals surface area contributed by atoms with E-state index in [1.54, 1.807) is 35.6 Å². The number of rotatable bonds is 9. The SMILES string of the molecule is Nc1nc(C(=NOC(=O)NCc2ccccc2)C(=O)NC2C(=O)N3C(C(=O)[O-])=C(C[n+]4ccc5sccc5c4)CS[C@H]23)no1. The van der Waals surface area contributed by atoms with Gasteiger partial charge in [0.05, 0.1) is 17.1 Å². The van der Waals surface area contributed by atoms with Gasteiger partial charge in [-0.1, -0.05) is 40.6 Å². The third-order valence-electron chi connectivity index (χ3n) is 6.72. The number of aromatic nitrogens is 3. The minimum atomic E-state index is -1.50. The number of benzene rings is 1. The molecule has 0 bridgehead atoms. The van der Waals surface area contributed by atoms with E-state index in [0.29, 0.717) is 5.57 Å². The fourth-order valence-corrected chi connectivity index (χ4v) is 6.78. The van der Waals surface area contributed by atoms with Crippen LogP contribution in [0.5, 0.6) is 0 Å². The van der Waals surface area contributed by atoms with Crippen molar-refractivity contribution in [2.24, 2.45) is 5.16 Å². The minimum absolute atomic E-state index is 0.133. The number of nitrogen functional groups attached to an aromatic ring is 1. The molecule has 5 heterocycles. The molecular weight excluding hydrogens is 612 g/mol. The van der Waals surface area contributed by atoms with Gasteiger partial charge in [0, 0.05) is 28.6 Å². The number of carbonyl (C=O) groups is 4. The molecule has 0 aliphatic carbocycles. The lowest BCUT2D eigenvalue weighted by atomic mass is 10.0. The van der Waals surface area contributed by atoms with Crippen LogP contribution < -0.4 is 26.0 Å². The van der Waals surface area contributed by atoms with Gasteiger partial charge >= 0.3 is 12.1 Å². The van der Waals surface area contributed by atoms with Crippen LogP contribution in [0.3, 0.4) is 0 Å². The maximum Gasteiger partial charge on any atom is 0.433 e. The van der Waals surface area contributed by atoms with Crippen molar-refractivity contribution in [3.8, 4) is 0 Å². The monoisotopic (exact) mass is 634 g/mol. The van der Waals surface area contributed by atoms with E-state index in [1.165, 1.54) is 11.8 Å². The smallest absolute Gasteiger partial charge is 0.433 e. The molecule has 1 aromatic carbocycles. The molecule has 1 unspecified atom stereocenters. The molecule has 4 N–H and O–H groups in total. The van der Waals surface area contributed by atoms with E-state index in [2.05, 4.69) is 25.9 Å². The fourth-order valence-electron chi connectivity index (χ4n) is 4.68. The minimum Gasteiger partial charge on any atom is -0.543 e. The predicted octanol–water partition coefficient (Wildman–Crippen LogP) is -0.111. The van der Waals surface area contributed by atoms with Gasteiger partial charge in [0.15, 0.2) is 18.9 Å². The van der Waals surface area contributed by atoms with E-state index in [9.17, 15) is 24.3 Å². The zero-order chi connectivity index (χ0) is 30.8. The Kier molecular flexibility index (Phi) is 7.95. The van der Waals surface area contributed by atoms with Crippen LogP contribution in [0.4, 0.5) is 10.8 Å². The summed E-state index contributed by atoms with van der Waals surface area (Å²) in [5.41, 5.74) is 5.94. The Bertz CT molecular complexity index is 1840. The highest BCUT2D eigenvalue weighted by molar-refractivity contribution is 8.00. The molecule has 6 rings (SSSR count). The number of aliphatic carboxylic acids is 1. The van der Waals surface area contributed by atoms with Crippen LogP contribution in [0.15, 0.2) is 81.2 Å². The number of carbonyl (C=O) groups excluding carboxylic acids is 4. The van der Waals surface area contributed by atoms with Gasteiger partial charge in [-0.25, -0.2) is 9.36 Å². The summed E-state index contributed by atoms with van der Waals surface area (Å²) in [6.45, 7) is 0.365. The molecule has 1 fully saturated rings. The molecule has 3 amide bonds. The second kappa shape index (κ2) is 12.1. The van der Waals surface area contributed by atoms with Gasteiger partial charge in [0.25, 0.3) is 11.8 Å². The number of pyridine rings is 1. The number of amides is 3. The Morgan fingerprint density at radius 2 is 2.05 bits per heavy atom. The normalized spacial score (nSPS) is 18.0. The number of nitrogens with one attached hydrogen (secondary N) is 2. The molecule has 2 atom stereocenters. The summed E-state index contributed by atoms with van der Waals surface area (Å²) in [5, 5.41) is 26.6. The summed E-state index contributed by atoms with van der Waals surface area (Å²) in [6, 6.07) is 11.4. The number of thioether (sulfide) groups is 1. The summed E-state index contributed by atoms with van der Waals surface area (Å²) in [5.74, 6) is -3.27. The zero-order valence-corrected chi connectivity index (χ0v) is 24.2. The second-order valence-corrected chi connectivity index (χ2v) is 11.6. The standard InChI is InChI=1S/C27H22N8O7S2/c28-26-31-21(33-41-26)18(32-42-27(40)29-10-14-4-2-1-3-5-14)22(36)30-19-23(37)35-20(25(38)39)16(13-44-24(19)35)12-34-8-6-17-15(11-34)7-9-43-17/h1-9,11,19,24H,10,12-13H2,(H4-,28,29,30,31,33,36,38,39,40)/t19?,24-/m1/s1. The third-order valence-corrected chi connectivity index (χ3v) is 8.96. The van der Waals surface area contributed by atoms with Gasteiger partial charge in [0.1, 0.15) is 11.4 Å². The maximum atomic E-state index is 13.2. The van der Waals surface area contributed by atoms with E-state index in [0.717, 1.165) is 20.5 Å². The van der Waals surface area contributed by atoms with Crippen molar-refractivity contribution in [2.75, 3.05) is 11.5 Å². The van der Waals surface area contributed by atoms with Crippen molar-refractivity contribution in [2.45, 2.75) is 24.5 Å². The Labute approximate surface area is 256 Å². The van der Waals surface area contributed by atoms with E-state index < -0.39 is 46.8 Å². The number of anilines is 1. The number of hydrogen-bond acceptors (Lipinski definition) is 13. The van der Waals surface area contributed by atoms with Crippen LogP contribution in [-0.2, 0) is 32.3 Å². The lowest BCUT2D eigenvalue weighted by Crippen LogP contribution is -2.71. The number of fused-ring (bicyclic) bond motifs is 2. The number of nitrogens with zero attached hydrogens (tertiary/aromatic N) is 5. The maximum absolute atomic E-state index is 13.2. The zero-order valence-electron chi connectivity index (χ0n) is 22.5. The van der Waals surface area contributed by atoms with Crippen LogP contribution in [0.25, 0.3) is 10.1 Å². The van der Waals surface area contributed by atoms with E-state index in [4.69, 9.17) is 15.1 Å². The highest BCUT2D eigenvalue weighted by Gasteiger charge is 2.53. The summed E-state index contributed by atoms with van der Waals surface area (Å²) >= 11 is 2.87. The van der Waals surface area contributed by atoms with Crippen molar-refractivity contribution in [3.05, 3.63) is 82.9 Å². The lowest BCUT2D eigenvalue weighted by Gasteiger charge is -2.50. The quantitative estimate of drug-likeness (QED) is 0.0727. The van der Waals surface area contributed by atoms with Crippen molar-refractivity contribution >= 4 is 68.8 Å². The third kappa shape index (κ3) is 5.82. The van der Waals surface area contributed by atoms with Gasteiger partial charge < -0.3 is 30.8 Å². The molecule has 0 saturated carbocycles. The average molecular weight is 635 g/mol. The Morgan fingerprint density at radius 1 is 1.23 bits per heavy atom. The number of carboxylic acid groups (broad SMARTS) is 1. The summed E-state index contributed by atoms with van der Waals surface area (Å²) in [7, 11) is 0. The Balaban J connectivity index is 1.16. The fraction of sp³-hybridized carbons (Fsp3) is 0.185. The van der Waals surface area contributed by atoms with Gasteiger partial charge in [-0.15, -0.1) is 23.1 Å². The molecule has 44 heavy (non-hydrogen) atoms. The van der Waals surface area contributed by atoms with Gasteiger partial charge in [-0.05, 0) is 17.0 Å². The summed E-state index contributed by atoms with van der Waals surface area (Å²) in [4.78, 5) is 60.6. The van der Waals surface area contributed by atoms with Crippen LogP contribution in [-0.4, -0.2) is 61.8 Å². The molecule has 3 aromatic heterocycles. The van der Waals surface area contributed by atoms with Crippen molar-refractivity contribution < 1.29 is 38.2 Å². The molecule has 0 radical (unpaired) electrons. The molecular formula is C27H22N8O7S2. The number of hydrogen-bond donors (Lipinski definition) is 3. The van der Waals surface area contributed by atoms with Gasteiger partial charge in [-0.2, -0.15) is 4.98 Å². The van der Waals surface area contributed by atoms with Gasteiger partial charge in [-0.3, -0.25) is 19.3 Å². The second-order valence-electron chi connectivity index (χ2n) is 9.57. The van der Waals surface area contributed by atoms with Crippen molar-refractivity contribution in [3.63, 3.8) is 0 Å². The number of oxime groups is 1. The lowest BCUT2D eigenvalue weighted by molar-refractivity contribution is -0.687. The highest BCUT2D eigenvalue weighted by Crippen LogP contribution is 2.40. The highest BCUT2D eigenvalue weighted by atomic mass is 32.2. The molecule has 4 aromatic rings. The molecule has 2 aliphatic rings. The first-order valence-electron chi connectivity index (χ1n) is 13.0. The largest absolute Gasteiger partial charge is 0.543 e. The molecule has 17 heteroatoms. The predicted molar refractivity (Wildman–Crippen MR) is 154 cm³/mol. The number of thiophene rings is 1. The summed E-state index contributed by atoms with van der Waals surface area (Å²) < 4.78 is 7.65. The molecule has 2 aliphatic heterocycles. The number of β-lactam (4-membered cyclic amide) rings is 1. The Hall–Kier alpha value is -5.29. The molecule has 1 saturated heterocycles. The van der Waals surface area contributed by atoms with Crippen LogP contribution in [0, 0.1) is 0 Å². The Morgan fingerprint density at radius 3 is 2.80 bits per heavy atom. The van der Waals surface area contributed by atoms with Crippen molar-refractivity contribution in [1.82, 2.24) is 25.7 Å².